The van der Waals surface area contributed by atoms with E-state index in [9.17, 15) is 5.11 Å². The van der Waals surface area contributed by atoms with Gasteiger partial charge in [0.25, 0.3) is 0 Å². The normalized spacial score (nSPS) is 21.4. The van der Waals surface area contributed by atoms with Crippen LogP contribution in [0.4, 0.5) is 0 Å². The molecule has 2 heteroatoms. The molecule has 0 bridgehead atoms. The van der Waals surface area contributed by atoms with Gasteiger partial charge < -0.3 is 10.4 Å². The fraction of sp³-hybridized carbons (Fsp3) is 0.294. The molecule has 1 aliphatic carbocycles. The van der Waals surface area contributed by atoms with Crippen LogP contribution in [-0.4, -0.2) is 11.2 Å². The molecule has 3 rings (SSSR count). The quantitative estimate of drug-likeness (QED) is 0.881. The van der Waals surface area contributed by atoms with Crippen molar-refractivity contribution in [2.45, 2.75) is 32.0 Å². The van der Waals surface area contributed by atoms with E-state index in [2.05, 4.69) is 48.6 Å². The Kier molecular flexibility index (Phi) is 3.36. The highest BCUT2D eigenvalue weighted by molar-refractivity contribution is 5.36. The lowest BCUT2D eigenvalue weighted by molar-refractivity contribution is 0.140. The second-order valence-electron chi connectivity index (χ2n) is 5.26. The topological polar surface area (TPSA) is 32.3 Å². The maximum absolute atomic E-state index is 10.2. The summed E-state index contributed by atoms with van der Waals surface area (Å²) < 4.78 is 0. The number of aliphatic hydroxyl groups is 1. The molecule has 0 fully saturated rings. The van der Waals surface area contributed by atoms with E-state index in [-0.39, 0.29) is 12.1 Å². The minimum atomic E-state index is -0.318. The summed E-state index contributed by atoms with van der Waals surface area (Å²) in [5.41, 5.74) is 5.08. The summed E-state index contributed by atoms with van der Waals surface area (Å²) in [5, 5.41) is 13.7. The van der Waals surface area contributed by atoms with Crippen molar-refractivity contribution in [2.24, 2.45) is 0 Å². The fourth-order valence-corrected chi connectivity index (χ4v) is 2.85. The molecule has 2 N–H and O–H groups in total. The van der Waals surface area contributed by atoms with Crippen LogP contribution in [0.1, 0.15) is 28.3 Å². The third-order valence-corrected chi connectivity index (χ3v) is 3.98. The molecule has 0 heterocycles. The molecule has 98 valence electrons. The summed E-state index contributed by atoms with van der Waals surface area (Å²) in [4.78, 5) is 0. The molecule has 0 radical (unpaired) electrons. The molecule has 0 saturated heterocycles. The van der Waals surface area contributed by atoms with Gasteiger partial charge in [-0.1, -0.05) is 48.5 Å². The summed E-state index contributed by atoms with van der Waals surface area (Å²) in [6, 6.07) is 16.7. The lowest BCUT2D eigenvalue weighted by Crippen LogP contribution is -2.28. The predicted octanol–water partition coefficient (Wildman–Crippen LogP) is 2.74. The Balaban J connectivity index is 1.76. The van der Waals surface area contributed by atoms with E-state index < -0.39 is 0 Å². The molecule has 0 spiro atoms. The van der Waals surface area contributed by atoms with E-state index in [1.807, 2.05) is 12.1 Å². The van der Waals surface area contributed by atoms with Crippen molar-refractivity contribution in [3.05, 3.63) is 70.8 Å². The van der Waals surface area contributed by atoms with Crippen molar-refractivity contribution in [3.63, 3.8) is 0 Å². The first-order valence-corrected chi connectivity index (χ1v) is 6.79. The predicted molar refractivity (Wildman–Crippen MR) is 76.9 cm³/mol. The average molecular weight is 253 g/mol. The summed E-state index contributed by atoms with van der Waals surface area (Å²) in [5.74, 6) is 0. The smallest absolute Gasteiger partial charge is 0.0775 e. The first kappa shape index (κ1) is 12.4. The number of hydrogen-bond donors (Lipinski definition) is 2. The van der Waals surface area contributed by atoms with Gasteiger partial charge in [-0.05, 0) is 29.2 Å². The number of fused-ring (bicyclic) bond motifs is 1. The number of nitrogens with one attached hydrogen (secondary N) is 1. The molecular formula is C17H19NO. The molecule has 0 saturated carbocycles. The fourth-order valence-electron chi connectivity index (χ4n) is 2.85. The van der Waals surface area contributed by atoms with E-state index in [1.165, 1.54) is 22.3 Å². The van der Waals surface area contributed by atoms with Gasteiger partial charge in [0.05, 0.1) is 12.1 Å². The Bertz CT molecular complexity index is 579. The standard InChI is InChI=1S/C17H19NO/c1-12-6-2-3-8-14(12)11-18-17-15-9-5-4-7-13(15)10-16(17)19/h2-9,16-19H,10-11H2,1H3/t16-,17+/m0/s1. The zero-order chi connectivity index (χ0) is 13.2. The van der Waals surface area contributed by atoms with Gasteiger partial charge >= 0.3 is 0 Å². The van der Waals surface area contributed by atoms with E-state index in [1.54, 1.807) is 0 Å². The summed E-state index contributed by atoms with van der Waals surface area (Å²) in [6.07, 6.45) is 0.433. The van der Waals surface area contributed by atoms with Gasteiger partial charge in [-0.2, -0.15) is 0 Å². The average Bonchev–Trinajstić information content (AvgIpc) is 2.74. The zero-order valence-electron chi connectivity index (χ0n) is 11.1. The van der Waals surface area contributed by atoms with Gasteiger partial charge in [0.15, 0.2) is 0 Å². The van der Waals surface area contributed by atoms with Crippen LogP contribution in [0, 0.1) is 6.92 Å². The Morgan fingerprint density at radius 3 is 2.68 bits per heavy atom. The van der Waals surface area contributed by atoms with Gasteiger partial charge in [0, 0.05) is 13.0 Å². The maximum Gasteiger partial charge on any atom is 0.0775 e. The number of benzene rings is 2. The minimum Gasteiger partial charge on any atom is -0.391 e. The molecule has 2 atom stereocenters. The van der Waals surface area contributed by atoms with E-state index >= 15 is 0 Å². The van der Waals surface area contributed by atoms with Gasteiger partial charge in [0.2, 0.25) is 0 Å². The van der Waals surface area contributed by atoms with Crippen molar-refractivity contribution in [3.8, 4) is 0 Å². The third kappa shape index (κ3) is 2.42. The Morgan fingerprint density at radius 1 is 1.11 bits per heavy atom. The lowest BCUT2D eigenvalue weighted by Gasteiger charge is -2.18. The minimum absolute atomic E-state index is 0.0517. The monoisotopic (exact) mass is 253 g/mol. The molecule has 0 amide bonds. The summed E-state index contributed by atoms with van der Waals surface area (Å²) >= 11 is 0. The van der Waals surface area contributed by atoms with Crippen LogP contribution in [0.3, 0.4) is 0 Å². The zero-order valence-corrected chi connectivity index (χ0v) is 11.1. The molecule has 0 unspecified atom stereocenters. The molecule has 2 nitrogen and oxygen atoms in total. The molecule has 2 aromatic carbocycles. The number of hydrogen-bond acceptors (Lipinski definition) is 2. The van der Waals surface area contributed by atoms with Crippen molar-refractivity contribution in [2.75, 3.05) is 0 Å². The van der Waals surface area contributed by atoms with Crippen molar-refractivity contribution in [1.82, 2.24) is 5.32 Å². The van der Waals surface area contributed by atoms with Crippen LogP contribution in [0.25, 0.3) is 0 Å². The largest absolute Gasteiger partial charge is 0.391 e. The Labute approximate surface area is 114 Å². The Morgan fingerprint density at radius 2 is 1.84 bits per heavy atom. The summed E-state index contributed by atoms with van der Waals surface area (Å²) in [7, 11) is 0. The maximum atomic E-state index is 10.2. The SMILES string of the molecule is Cc1ccccc1CN[C@@H]1c2ccccc2C[C@@H]1O. The van der Waals surface area contributed by atoms with Crippen molar-refractivity contribution < 1.29 is 5.11 Å². The lowest BCUT2D eigenvalue weighted by atomic mass is 10.1. The highest BCUT2D eigenvalue weighted by Gasteiger charge is 2.30. The van der Waals surface area contributed by atoms with Gasteiger partial charge in [-0.25, -0.2) is 0 Å². The molecule has 2 aromatic rings. The first-order valence-electron chi connectivity index (χ1n) is 6.79. The van der Waals surface area contributed by atoms with E-state index in [0.29, 0.717) is 0 Å². The second kappa shape index (κ2) is 5.16. The van der Waals surface area contributed by atoms with Gasteiger partial charge in [-0.3, -0.25) is 0 Å². The molecule has 0 aromatic heterocycles. The van der Waals surface area contributed by atoms with Crippen LogP contribution in [-0.2, 0) is 13.0 Å². The van der Waals surface area contributed by atoms with Crippen LogP contribution < -0.4 is 5.32 Å². The van der Waals surface area contributed by atoms with Gasteiger partial charge in [0.1, 0.15) is 0 Å². The first-order chi connectivity index (χ1) is 9.25. The highest BCUT2D eigenvalue weighted by Crippen LogP contribution is 2.31. The van der Waals surface area contributed by atoms with E-state index in [4.69, 9.17) is 0 Å². The number of aryl methyl sites for hydroxylation is 1. The Hall–Kier alpha value is -1.64. The summed E-state index contributed by atoms with van der Waals surface area (Å²) in [6.45, 7) is 2.92. The molecule has 0 aliphatic heterocycles. The highest BCUT2D eigenvalue weighted by atomic mass is 16.3. The van der Waals surface area contributed by atoms with Crippen LogP contribution in [0.2, 0.25) is 0 Å². The third-order valence-electron chi connectivity index (χ3n) is 3.98. The van der Waals surface area contributed by atoms with E-state index in [0.717, 1.165) is 13.0 Å². The number of aliphatic hydroxyl groups excluding tert-OH is 1. The van der Waals surface area contributed by atoms with Crippen LogP contribution in [0.5, 0.6) is 0 Å². The van der Waals surface area contributed by atoms with Crippen molar-refractivity contribution >= 4 is 0 Å². The molecular weight excluding hydrogens is 234 g/mol. The molecule has 19 heavy (non-hydrogen) atoms. The number of rotatable bonds is 3. The van der Waals surface area contributed by atoms with Crippen LogP contribution in [0.15, 0.2) is 48.5 Å². The van der Waals surface area contributed by atoms with Crippen molar-refractivity contribution in [1.29, 1.82) is 0 Å². The van der Waals surface area contributed by atoms with Crippen LogP contribution >= 0.6 is 0 Å². The molecule has 1 aliphatic rings. The second-order valence-corrected chi connectivity index (χ2v) is 5.26. The van der Waals surface area contributed by atoms with Gasteiger partial charge in [-0.15, -0.1) is 0 Å².